The minimum absolute atomic E-state index is 0.0435. The molecule has 2 aromatic heterocycles. The normalized spacial score (nSPS) is 15.5. The van der Waals surface area contributed by atoms with Crippen molar-refractivity contribution in [2.45, 2.75) is 44.6 Å². The summed E-state index contributed by atoms with van der Waals surface area (Å²) in [4.78, 5) is 16.2. The first-order valence-electron chi connectivity index (χ1n) is 11.5. The fourth-order valence-electron chi connectivity index (χ4n) is 4.53. The van der Waals surface area contributed by atoms with E-state index in [4.69, 9.17) is 9.72 Å². The number of pyridine rings is 1. The number of carboxylic acids is 1. The Hall–Kier alpha value is -3.61. The van der Waals surface area contributed by atoms with E-state index in [9.17, 15) is 9.90 Å². The number of nitrogens with zero attached hydrogens (tertiary/aromatic N) is 3. The molecule has 7 nitrogen and oxygen atoms in total. The van der Waals surface area contributed by atoms with Gasteiger partial charge in [-0.2, -0.15) is 5.10 Å². The molecule has 1 aromatic carbocycles. The van der Waals surface area contributed by atoms with Gasteiger partial charge in [0.2, 0.25) is 0 Å². The SMILES string of the molecule is O=C(O)CC(Cn1cc(/C=C\Cc2ccc3c(n2)NCCC3)cn1)c1ccc2c(c1)OCC2. The molecule has 2 N–H and O–H groups in total. The molecule has 0 aliphatic carbocycles. The zero-order valence-corrected chi connectivity index (χ0v) is 18.5. The van der Waals surface area contributed by atoms with Crippen molar-refractivity contribution >= 4 is 17.9 Å². The largest absolute Gasteiger partial charge is 0.493 e. The van der Waals surface area contributed by atoms with Crippen LogP contribution in [0.25, 0.3) is 6.08 Å². The van der Waals surface area contributed by atoms with Crippen LogP contribution < -0.4 is 10.1 Å². The molecule has 2 aliphatic rings. The molecule has 0 fully saturated rings. The van der Waals surface area contributed by atoms with Gasteiger partial charge in [0.25, 0.3) is 0 Å². The Morgan fingerprint density at radius 2 is 2.15 bits per heavy atom. The summed E-state index contributed by atoms with van der Waals surface area (Å²) in [6.45, 7) is 2.17. The molecule has 2 aliphatic heterocycles. The Balaban J connectivity index is 1.24. The standard InChI is InChI=1S/C26H28N4O3/c31-25(32)14-22(21-7-6-19-10-12-33-24(19)13-21)17-30-16-18(15-28-30)3-1-5-23-9-8-20-4-2-11-27-26(20)29-23/h1,3,6-9,13,15-16,22H,2,4-5,10-12,14,17H2,(H,27,29)(H,31,32)/b3-1-. The molecule has 0 radical (unpaired) electrons. The Morgan fingerprint density at radius 1 is 1.24 bits per heavy atom. The van der Waals surface area contributed by atoms with Crippen LogP contribution in [0.15, 0.2) is 48.8 Å². The first-order valence-corrected chi connectivity index (χ1v) is 11.5. The van der Waals surface area contributed by atoms with Crippen molar-refractivity contribution in [1.29, 1.82) is 0 Å². The number of rotatable bonds is 8. The number of aliphatic carboxylic acids is 1. The highest BCUT2D eigenvalue weighted by Gasteiger charge is 2.20. The van der Waals surface area contributed by atoms with Gasteiger partial charge in [-0.1, -0.05) is 30.4 Å². The van der Waals surface area contributed by atoms with Crippen LogP contribution in [0, 0.1) is 0 Å². The maximum atomic E-state index is 11.5. The van der Waals surface area contributed by atoms with Gasteiger partial charge in [-0.05, 0) is 41.7 Å². The number of carbonyl (C=O) groups is 1. The molecular weight excluding hydrogens is 416 g/mol. The van der Waals surface area contributed by atoms with E-state index < -0.39 is 5.97 Å². The second kappa shape index (κ2) is 9.48. The number of nitrogens with one attached hydrogen (secondary N) is 1. The van der Waals surface area contributed by atoms with E-state index in [0.29, 0.717) is 13.2 Å². The van der Waals surface area contributed by atoms with Crippen LogP contribution in [-0.2, 0) is 30.6 Å². The Morgan fingerprint density at radius 3 is 3.06 bits per heavy atom. The molecule has 33 heavy (non-hydrogen) atoms. The monoisotopic (exact) mass is 444 g/mol. The fourth-order valence-corrected chi connectivity index (χ4v) is 4.53. The second-order valence-electron chi connectivity index (χ2n) is 8.70. The predicted octanol–water partition coefficient (Wildman–Crippen LogP) is 4.09. The van der Waals surface area contributed by atoms with Gasteiger partial charge in [-0.25, -0.2) is 4.98 Å². The molecule has 1 atom stereocenters. The van der Waals surface area contributed by atoms with E-state index in [-0.39, 0.29) is 12.3 Å². The summed E-state index contributed by atoms with van der Waals surface area (Å²) in [6.07, 6.45) is 11.8. The Labute approximate surface area is 193 Å². The highest BCUT2D eigenvalue weighted by atomic mass is 16.5. The quantitative estimate of drug-likeness (QED) is 0.544. The summed E-state index contributed by atoms with van der Waals surface area (Å²) in [6, 6.07) is 10.3. The average molecular weight is 445 g/mol. The second-order valence-corrected chi connectivity index (χ2v) is 8.70. The third-order valence-electron chi connectivity index (χ3n) is 6.26. The molecular formula is C26H28N4O3. The third-order valence-corrected chi connectivity index (χ3v) is 6.26. The smallest absolute Gasteiger partial charge is 0.304 e. The summed E-state index contributed by atoms with van der Waals surface area (Å²) in [5.74, 6) is 0.890. The first-order chi connectivity index (χ1) is 16.1. The number of allylic oxidation sites excluding steroid dienone is 1. The number of benzene rings is 1. The molecule has 3 aromatic rings. The van der Waals surface area contributed by atoms with Gasteiger partial charge in [0, 0.05) is 49.3 Å². The Kier molecular flexibility index (Phi) is 6.11. The van der Waals surface area contributed by atoms with Gasteiger partial charge in [-0.15, -0.1) is 0 Å². The van der Waals surface area contributed by atoms with Crippen LogP contribution in [0.5, 0.6) is 5.75 Å². The molecule has 0 spiro atoms. The lowest BCUT2D eigenvalue weighted by molar-refractivity contribution is -0.137. The average Bonchev–Trinajstić information content (AvgIpc) is 3.47. The van der Waals surface area contributed by atoms with Crippen LogP contribution in [0.1, 0.15) is 46.7 Å². The van der Waals surface area contributed by atoms with E-state index in [1.165, 1.54) is 11.1 Å². The number of anilines is 1. The van der Waals surface area contributed by atoms with E-state index in [1.807, 2.05) is 41.4 Å². The van der Waals surface area contributed by atoms with E-state index in [1.54, 1.807) is 0 Å². The van der Waals surface area contributed by atoms with E-state index >= 15 is 0 Å². The number of hydrogen-bond acceptors (Lipinski definition) is 5. The van der Waals surface area contributed by atoms with Gasteiger partial charge in [0.15, 0.2) is 0 Å². The lowest BCUT2D eigenvalue weighted by Crippen LogP contribution is -2.14. The topological polar surface area (TPSA) is 89.3 Å². The minimum atomic E-state index is -0.819. The maximum absolute atomic E-state index is 11.5. The lowest BCUT2D eigenvalue weighted by atomic mass is 9.94. The zero-order chi connectivity index (χ0) is 22.6. The van der Waals surface area contributed by atoms with Gasteiger partial charge in [0.05, 0.1) is 19.2 Å². The highest BCUT2D eigenvalue weighted by Crippen LogP contribution is 2.31. The molecule has 7 heteroatoms. The molecule has 0 saturated carbocycles. The van der Waals surface area contributed by atoms with Crippen molar-refractivity contribution in [3.8, 4) is 5.75 Å². The summed E-state index contributed by atoms with van der Waals surface area (Å²) in [5.41, 5.74) is 5.46. The molecule has 0 bridgehead atoms. The number of aryl methyl sites for hydroxylation is 1. The maximum Gasteiger partial charge on any atom is 0.304 e. The molecule has 4 heterocycles. The van der Waals surface area contributed by atoms with Gasteiger partial charge in [0.1, 0.15) is 11.6 Å². The zero-order valence-electron chi connectivity index (χ0n) is 18.5. The van der Waals surface area contributed by atoms with Crippen LogP contribution in [-0.4, -0.2) is 39.0 Å². The summed E-state index contributed by atoms with van der Waals surface area (Å²) in [5, 5.41) is 17.3. The Bertz CT molecular complexity index is 1180. The number of fused-ring (bicyclic) bond motifs is 2. The number of aromatic nitrogens is 3. The number of hydrogen-bond donors (Lipinski definition) is 2. The first kappa shape index (κ1) is 21.2. The van der Waals surface area contributed by atoms with Crippen molar-refractivity contribution in [3.05, 3.63) is 76.7 Å². The fraction of sp³-hybridized carbons (Fsp3) is 0.346. The van der Waals surface area contributed by atoms with Gasteiger partial charge < -0.3 is 15.2 Å². The van der Waals surface area contributed by atoms with Crippen LogP contribution in [0.4, 0.5) is 5.82 Å². The van der Waals surface area contributed by atoms with Crippen LogP contribution in [0.3, 0.4) is 0 Å². The van der Waals surface area contributed by atoms with Crippen LogP contribution >= 0.6 is 0 Å². The van der Waals surface area contributed by atoms with E-state index in [0.717, 1.165) is 60.6 Å². The molecule has 0 amide bonds. The molecule has 0 saturated heterocycles. The van der Waals surface area contributed by atoms with Crippen molar-refractivity contribution in [3.63, 3.8) is 0 Å². The predicted molar refractivity (Wildman–Crippen MR) is 127 cm³/mol. The van der Waals surface area contributed by atoms with Crippen molar-refractivity contribution in [2.24, 2.45) is 0 Å². The van der Waals surface area contributed by atoms with Gasteiger partial charge in [-0.3, -0.25) is 9.48 Å². The lowest BCUT2D eigenvalue weighted by Gasteiger charge is -2.17. The highest BCUT2D eigenvalue weighted by molar-refractivity contribution is 5.68. The minimum Gasteiger partial charge on any atom is -0.493 e. The van der Waals surface area contributed by atoms with Crippen molar-refractivity contribution in [2.75, 3.05) is 18.5 Å². The third kappa shape index (κ3) is 5.08. The summed E-state index contributed by atoms with van der Waals surface area (Å²) in [7, 11) is 0. The van der Waals surface area contributed by atoms with Gasteiger partial charge >= 0.3 is 5.97 Å². The molecule has 170 valence electrons. The van der Waals surface area contributed by atoms with E-state index in [2.05, 4.69) is 28.6 Å². The molecule has 5 rings (SSSR count). The molecule has 1 unspecified atom stereocenters. The summed E-state index contributed by atoms with van der Waals surface area (Å²) >= 11 is 0. The van der Waals surface area contributed by atoms with Crippen molar-refractivity contribution in [1.82, 2.24) is 14.8 Å². The number of carboxylic acid groups (broad SMARTS) is 1. The number of ether oxygens (including phenoxy) is 1. The van der Waals surface area contributed by atoms with Crippen LogP contribution in [0.2, 0.25) is 0 Å². The summed E-state index contributed by atoms with van der Waals surface area (Å²) < 4.78 is 7.49. The van der Waals surface area contributed by atoms with Crippen molar-refractivity contribution < 1.29 is 14.6 Å².